The number of halogens is 1. The number of aryl methyl sites for hydroxylation is 1. The molecule has 3 rings (SSSR count). The third-order valence-corrected chi connectivity index (χ3v) is 7.29. The number of rotatable bonds is 9. The van der Waals surface area contributed by atoms with Crippen molar-refractivity contribution >= 4 is 27.5 Å². The van der Waals surface area contributed by atoms with Crippen LogP contribution >= 0.6 is 11.6 Å². The highest BCUT2D eigenvalue weighted by Gasteiger charge is 2.27. The molecule has 3 aromatic rings. The molecular formula is C25H27ClN2O4S. The van der Waals surface area contributed by atoms with E-state index in [-0.39, 0.29) is 24.0 Å². The second-order valence-corrected chi connectivity index (χ2v) is 10.1. The average Bonchev–Trinajstić information content (AvgIpc) is 2.80. The van der Waals surface area contributed by atoms with Gasteiger partial charge in [-0.2, -0.15) is 4.31 Å². The SMILES string of the molecule is COc1ccccc1C(C)NC(=O)CN(Cc1ccc(Cl)cc1)S(=O)(=O)c1ccc(C)cc1. The van der Waals surface area contributed by atoms with Crippen LogP contribution in [0, 0.1) is 6.92 Å². The maximum absolute atomic E-state index is 13.4. The summed E-state index contributed by atoms with van der Waals surface area (Å²) in [5.74, 6) is 0.230. The predicted molar refractivity (Wildman–Crippen MR) is 130 cm³/mol. The van der Waals surface area contributed by atoms with Crippen LogP contribution in [0.25, 0.3) is 0 Å². The normalized spacial score (nSPS) is 12.4. The van der Waals surface area contributed by atoms with E-state index in [9.17, 15) is 13.2 Å². The van der Waals surface area contributed by atoms with E-state index in [1.807, 2.05) is 38.1 Å². The molecule has 0 saturated heterocycles. The minimum atomic E-state index is -3.92. The molecular weight excluding hydrogens is 460 g/mol. The van der Waals surface area contributed by atoms with Gasteiger partial charge in [-0.25, -0.2) is 8.42 Å². The molecule has 0 bridgehead atoms. The molecule has 0 aliphatic rings. The molecule has 174 valence electrons. The number of nitrogens with zero attached hydrogens (tertiary/aromatic N) is 1. The predicted octanol–water partition coefficient (Wildman–Crippen LogP) is 4.73. The van der Waals surface area contributed by atoms with Crippen molar-refractivity contribution in [1.82, 2.24) is 9.62 Å². The largest absolute Gasteiger partial charge is 0.496 e. The first-order chi connectivity index (χ1) is 15.7. The van der Waals surface area contributed by atoms with E-state index in [4.69, 9.17) is 16.3 Å². The third kappa shape index (κ3) is 6.35. The smallest absolute Gasteiger partial charge is 0.243 e. The van der Waals surface area contributed by atoms with E-state index in [0.29, 0.717) is 10.8 Å². The van der Waals surface area contributed by atoms with Gasteiger partial charge in [0.05, 0.1) is 24.6 Å². The van der Waals surface area contributed by atoms with Gasteiger partial charge in [0.15, 0.2) is 0 Å². The van der Waals surface area contributed by atoms with Crippen molar-refractivity contribution in [3.05, 3.63) is 94.5 Å². The molecule has 0 aromatic heterocycles. The Labute approximate surface area is 200 Å². The number of amides is 1. The summed E-state index contributed by atoms with van der Waals surface area (Å²) in [5, 5.41) is 3.43. The van der Waals surface area contributed by atoms with Crippen molar-refractivity contribution in [2.75, 3.05) is 13.7 Å². The first kappa shape index (κ1) is 24.8. The standard InChI is InChI=1S/C25H27ClN2O4S/c1-18-8-14-22(15-9-18)33(30,31)28(16-20-10-12-21(26)13-11-20)17-25(29)27-19(2)23-6-4-5-7-24(23)32-3/h4-15,19H,16-17H2,1-3H3,(H,27,29). The molecule has 0 heterocycles. The van der Waals surface area contributed by atoms with Crippen LogP contribution in [0.3, 0.4) is 0 Å². The van der Waals surface area contributed by atoms with E-state index in [1.165, 1.54) is 4.31 Å². The van der Waals surface area contributed by atoms with Crippen molar-refractivity contribution < 1.29 is 17.9 Å². The Hall–Kier alpha value is -2.87. The Bertz CT molecular complexity index is 1200. The Kier molecular flexibility index (Phi) is 8.13. The number of sulfonamides is 1. The fraction of sp³-hybridized carbons (Fsp3) is 0.240. The van der Waals surface area contributed by atoms with Gasteiger partial charge in [-0.05, 0) is 49.7 Å². The lowest BCUT2D eigenvalue weighted by Gasteiger charge is -2.24. The minimum Gasteiger partial charge on any atom is -0.496 e. The quantitative estimate of drug-likeness (QED) is 0.474. The van der Waals surface area contributed by atoms with Crippen LogP contribution in [0.4, 0.5) is 0 Å². The van der Waals surface area contributed by atoms with E-state index in [0.717, 1.165) is 16.7 Å². The monoisotopic (exact) mass is 486 g/mol. The summed E-state index contributed by atoms with van der Waals surface area (Å²) in [4.78, 5) is 13.1. The molecule has 0 saturated carbocycles. The summed E-state index contributed by atoms with van der Waals surface area (Å²) < 4.78 is 33.4. The maximum atomic E-state index is 13.4. The van der Waals surface area contributed by atoms with E-state index >= 15 is 0 Å². The summed E-state index contributed by atoms with van der Waals surface area (Å²) in [6, 6.07) is 20.4. The Morgan fingerprint density at radius 2 is 1.67 bits per heavy atom. The van der Waals surface area contributed by atoms with Gasteiger partial charge < -0.3 is 10.1 Å². The fourth-order valence-electron chi connectivity index (χ4n) is 3.43. The second-order valence-electron chi connectivity index (χ2n) is 7.74. The van der Waals surface area contributed by atoms with Crippen molar-refractivity contribution in [2.24, 2.45) is 0 Å². The van der Waals surface area contributed by atoms with Crippen molar-refractivity contribution in [3.63, 3.8) is 0 Å². The number of carbonyl (C=O) groups is 1. The zero-order chi connectivity index (χ0) is 24.0. The van der Waals surface area contributed by atoms with Gasteiger partial charge in [0.25, 0.3) is 0 Å². The third-order valence-electron chi connectivity index (χ3n) is 5.23. The molecule has 0 spiro atoms. The lowest BCUT2D eigenvalue weighted by Crippen LogP contribution is -2.41. The second kappa shape index (κ2) is 10.8. The molecule has 0 aliphatic heterocycles. The number of ether oxygens (including phenoxy) is 1. The van der Waals surface area contributed by atoms with E-state index < -0.39 is 15.9 Å². The minimum absolute atomic E-state index is 0.0316. The summed E-state index contributed by atoms with van der Waals surface area (Å²) >= 11 is 5.97. The Morgan fingerprint density at radius 1 is 1.03 bits per heavy atom. The molecule has 1 amide bonds. The van der Waals surface area contributed by atoms with Crippen molar-refractivity contribution in [2.45, 2.75) is 31.3 Å². The van der Waals surface area contributed by atoms with E-state index in [1.54, 1.807) is 55.6 Å². The number of carbonyl (C=O) groups excluding carboxylic acids is 1. The van der Waals surface area contributed by atoms with Gasteiger partial charge in [-0.3, -0.25) is 4.79 Å². The number of para-hydroxylation sites is 1. The lowest BCUT2D eigenvalue weighted by molar-refractivity contribution is -0.122. The van der Waals surface area contributed by atoms with Crippen LogP contribution in [0.5, 0.6) is 5.75 Å². The summed E-state index contributed by atoms with van der Waals surface area (Å²) in [6.07, 6.45) is 0. The molecule has 0 aliphatic carbocycles. The maximum Gasteiger partial charge on any atom is 0.243 e. The van der Waals surface area contributed by atoms with Gasteiger partial charge >= 0.3 is 0 Å². The zero-order valence-corrected chi connectivity index (χ0v) is 20.4. The van der Waals surface area contributed by atoms with Crippen LogP contribution in [0.15, 0.2) is 77.7 Å². The molecule has 0 radical (unpaired) electrons. The molecule has 1 atom stereocenters. The summed E-state index contributed by atoms with van der Waals surface area (Å²) in [7, 11) is -2.35. The molecule has 1 N–H and O–H groups in total. The van der Waals surface area contributed by atoms with Gasteiger partial charge in [0.2, 0.25) is 15.9 Å². The number of methoxy groups -OCH3 is 1. The van der Waals surface area contributed by atoms with E-state index in [2.05, 4.69) is 5.32 Å². The summed E-state index contributed by atoms with van der Waals surface area (Å²) in [6.45, 7) is 3.41. The Balaban J connectivity index is 1.84. The molecule has 8 heteroatoms. The lowest BCUT2D eigenvalue weighted by atomic mass is 10.1. The van der Waals surface area contributed by atoms with Gasteiger partial charge in [-0.15, -0.1) is 0 Å². The number of hydrogen-bond acceptors (Lipinski definition) is 4. The number of hydrogen-bond donors (Lipinski definition) is 1. The van der Waals surface area contributed by atoms with Gasteiger partial charge in [0.1, 0.15) is 5.75 Å². The first-order valence-corrected chi connectivity index (χ1v) is 12.3. The molecule has 6 nitrogen and oxygen atoms in total. The fourth-order valence-corrected chi connectivity index (χ4v) is 4.94. The highest BCUT2D eigenvalue weighted by Crippen LogP contribution is 2.25. The highest BCUT2D eigenvalue weighted by molar-refractivity contribution is 7.89. The van der Waals surface area contributed by atoms with Crippen molar-refractivity contribution in [1.29, 1.82) is 0 Å². The average molecular weight is 487 g/mol. The number of benzene rings is 3. The molecule has 1 unspecified atom stereocenters. The van der Waals surface area contributed by atoms with Crippen LogP contribution in [0.1, 0.15) is 29.7 Å². The first-order valence-electron chi connectivity index (χ1n) is 10.4. The Morgan fingerprint density at radius 3 is 2.30 bits per heavy atom. The molecule has 0 fully saturated rings. The summed E-state index contributed by atoms with van der Waals surface area (Å²) in [5.41, 5.74) is 2.47. The van der Waals surface area contributed by atoms with Crippen molar-refractivity contribution in [3.8, 4) is 5.75 Å². The molecule has 33 heavy (non-hydrogen) atoms. The van der Waals surface area contributed by atoms with Crippen LogP contribution in [0.2, 0.25) is 5.02 Å². The molecule has 3 aromatic carbocycles. The van der Waals surface area contributed by atoms with Crippen LogP contribution < -0.4 is 10.1 Å². The van der Waals surface area contributed by atoms with Crippen LogP contribution in [-0.2, 0) is 21.4 Å². The zero-order valence-electron chi connectivity index (χ0n) is 18.8. The van der Waals surface area contributed by atoms with Crippen LogP contribution in [-0.4, -0.2) is 32.3 Å². The number of nitrogens with one attached hydrogen (secondary N) is 1. The van der Waals surface area contributed by atoms with Gasteiger partial charge in [0, 0.05) is 17.1 Å². The van der Waals surface area contributed by atoms with Gasteiger partial charge in [-0.1, -0.05) is 59.6 Å². The topological polar surface area (TPSA) is 75.7 Å². The highest BCUT2D eigenvalue weighted by atomic mass is 35.5.